The zero-order valence-corrected chi connectivity index (χ0v) is 20.9. The van der Waals surface area contributed by atoms with Crippen molar-refractivity contribution in [1.29, 1.82) is 0 Å². The number of aliphatic carboxylic acids is 3. The molecule has 0 aromatic heterocycles. The summed E-state index contributed by atoms with van der Waals surface area (Å²) in [4.78, 5) is 70.8. The topological polar surface area (TPSA) is 248 Å². The summed E-state index contributed by atoms with van der Waals surface area (Å²) in [5.41, 5.74) is -2.17. The van der Waals surface area contributed by atoms with E-state index in [1.807, 2.05) is 0 Å². The molecule has 8 atom stereocenters. The maximum atomic E-state index is 12.5. The minimum absolute atomic E-state index is 0.0533. The van der Waals surface area contributed by atoms with Crippen LogP contribution in [0.25, 0.3) is 0 Å². The minimum Gasteiger partial charge on any atom is -0.478 e. The Morgan fingerprint density at radius 2 is 0.951 bits per heavy atom. The molecule has 0 amide bonds. The van der Waals surface area contributed by atoms with Crippen LogP contribution in [-0.2, 0) is 61.9 Å². The van der Waals surface area contributed by atoms with Crippen molar-refractivity contribution in [3.63, 3.8) is 0 Å². The second-order valence-corrected chi connectivity index (χ2v) is 9.08. The molecule has 0 aliphatic carbocycles. The average molecular weight is 584 g/mol. The Balaban J connectivity index is 1.39. The molecule has 17 nitrogen and oxygen atoms in total. The van der Waals surface area contributed by atoms with E-state index in [0.717, 1.165) is 0 Å². The van der Waals surface area contributed by atoms with Gasteiger partial charge in [-0.3, -0.25) is 0 Å². The predicted molar refractivity (Wildman–Crippen MR) is 123 cm³/mol. The molecule has 0 bridgehead atoms. The van der Waals surface area contributed by atoms with E-state index in [-0.39, 0.29) is 26.4 Å². The number of carbonyl (C=O) groups is 6. The molecule has 0 aromatic rings. The summed E-state index contributed by atoms with van der Waals surface area (Å²) in [6.45, 7) is -0.609. The number of rotatable bonds is 10. The van der Waals surface area contributed by atoms with Crippen molar-refractivity contribution >= 4 is 35.8 Å². The fraction of sp³-hybridized carbons (Fsp3) is 0.500. The Morgan fingerprint density at radius 3 is 1.39 bits per heavy atom. The van der Waals surface area contributed by atoms with Gasteiger partial charge in [0.05, 0.1) is 37.6 Å². The Bertz CT molecular complexity index is 1200. The van der Waals surface area contributed by atoms with Crippen molar-refractivity contribution in [2.45, 2.75) is 48.8 Å². The highest BCUT2D eigenvalue weighted by Gasteiger charge is 2.51. The van der Waals surface area contributed by atoms with Gasteiger partial charge in [-0.15, -0.1) is 0 Å². The molecule has 0 saturated carbocycles. The van der Waals surface area contributed by atoms with Crippen molar-refractivity contribution in [2.24, 2.45) is 0 Å². The predicted octanol–water partition coefficient (Wildman–Crippen LogP) is -2.66. The lowest BCUT2D eigenvalue weighted by Gasteiger charge is -2.16. The average Bonchev–Trinajstić information content (AvgIpc) is 3.66. The summed E-state index contributed by atoms with van der Waals surface area (Å²) >= 11 is 0. The van der Waals surface area contributed by atoms with E-state index in [9.17, 15) is 44.1 Å². The summed E-state index contributed by atoms with van der Waals surface area (Å²) in [6.07, 6.45) is -5.32. The number of fused-ring (bicyclic) bond motifs is 2. The normalized spacial score (nSPS) is 32.8. The van der Waals surface area contributed by atoms with Crippen molar-refractivity contribution < 1.29 is 82.4 Å². The van der Waals surface area contributed by atoms with Gasteiger partial charge in [-0.1, -0.05) is 0 Å². The first kappa shape index (κ1) is 29.8. The Labute approximate surface area is 229 Å². The molecule has 0 spiro atoms. The third kappa shape index (κ3) is 6.95. The second-order valence-electron chi connectivity index (χ2n) is 9.08. The molecule has 4 aliphatic heterocycles. The van der Waals surface area contributed by atoms with Gasteiger partial charge >= 0.3 is 35.8 Å². The fourth-order valence-electron chi connectivity index (χ4n) is 4.62. The van der Waals surface area contributed by atoms with Crippen molar-refractivity contribution in [3.8, 4) is 0 Å². The largest absolute Gasteiger partial charge is 0.478 e. The number of carbonyl (C=O) groups excluding carboxylic acids is 3. The second kappa shape index (κ2) is 12.6. The van der Waals surface area contributed by atoms with Crippen LogP contribution in [0.1, 0.15) is 0 Å². The lowest BCUT2D eigenvalue weighted by Crippen LogP contribution is -2.35. The number of aliphatic hydroxyl groups excluding tert-OH is 1. The number of carboxylic acids is 3. The third-order valence-electron chi connectivity index (χ3n) is 6.38. The molecule has 4 aliphatic rings. The van der Waals surface area contributed by atoms with Crippen LogP contribution in [0.4, 0.5) is 0 Å². The molecule has 41 heavy (non-hydrogen) atoms. The fourth-order valence-corrected chi connectivity index (χ4v) is 4.62. The van der Waals surface area contributed by atoms with E-state index in [2.05, 4.69) is 0 Å². The molecule has 0 aromatic carbocycles. The highest BCUT2D eigenvalue weighted by Crippen LogP contribution is 2.31. The van der Waals surface area contributed by atoms with Crippen LogP contribution >= 0.6 is 0 Å². The number of hydrogen-bond acceptors (Lipinski definition) is 14. The first-order valence-corrected chi connectivity index (χ1v) is 12.0. The van der Waals surface area contributed by atoms with Gasteiger partial charge in [-0.05, 0) is 0 Å². The van der Waals surface area contributed by atoms with Crippen LogP contribution in [0.5, 0.6) is 0 Å². The first-order valence-electron chi connectivity index (χ1n) is 12.0. The van der Waals surface area contributed by atoms with Crippen LogP contribution in [0.2, 0.25) is 0 Å². The Morgan fingerprint density at radius 1 is 0.561 bits per heavy atom. The molecule has 4 fully saturated rings. The van der Waals surface area contributed by atoms with Crippen LogP contribution in [-0.4, -0.2) is 132 Å². The molecular formula is C24H24O17. The summed E-state index contributed by atoms with van der Waals surface area (Å²) in [5.74, 6) is -8.62. The van der Waals surface area contributed by atoms with Gasteiger partial charge in [0.2, 0.25) is 0 Å². The van der Waals surface area contributed by atoms with E-state index >= 15 is 0 Å². The molecule has 17 heteroatoms. The van der Waals surface area contributed by atoms with Gasteiger partial charge in [-0.2, -0.15) is 0 Å². The van der Waals surface area contributed by atoms with E-state index in [1.165, 1.54) is 0 Å². The summed E-state index contributed by atoms with van der Waals surface area (Å²) < 4.78 is 36.9. The maximum absolute atomic E-state index is 12.5. The molecule has 0 unspecified atom stereocenters. The number of ether oxygens (including phenoxy) is 7. The molecule has 4 rings (SSSR count). The van der Waals surface area contributed by atoms with Gasteiger partial charge in [0.15, 0.2) is 18.3 Å². The molecule has 0 radical (unpaired) electrons. The van der Waals surface area contributed by atoms with Gasteiger partial charge < -0.3 is 53.6 Å². The van der Waals surface area contributed by atoms with Crippen LogP contribution in [0.3, 0.4) is 0 Å². The molecule has 4 N–H and O–H groups in total. The lowest BCUT2D eigenvalue weighted by atomic mass is 10.1. The maximum Gasteiger partial charge on any atom is 0.336 e. The first-order chi connectivity index (χ1) is 19.4. The van der Waals surface area contributed by atoms with E-state index in [0.29, 0.717) is 24.3 Å². The third-order valence-corrected chi connectivity index (χ3v) is 6.38. The quantitative estimate of drug-likeness (QED) is 0.0885. The van der Waals surface area contributed by atoms with Crippen LogP contribution < -0.4 is 0 Å². The number of esters is 3. The van der Waals surface area contributed by atoms with Gasteiger partial charge in [0, 0.05) is 24.3 Å². The van der Waals surface area contributed by atoms with E-state index in [1.54, 1.807) is 0 Å². The standard InChI is InChI=1S/C24H24O17/c25-11-5-35-20-12(6-36-19(11)20)40-17(29)3-9(23(31)32)10(24(33)34)4-18(30)41-14-8-38-21-13(7-37-22(14)21)39-16(28)2-1-15(26)27/h1-4,11-14,19-22,25H,5-8H2,(H,26,27)(H,31,32)(H,33,34)/b2-1-,9-3-,10-4-/t11-,12+,13+,14-,19+,20+,21+,22+/m0/s1. The van der Waals surface area contributed by atoms with Crippen molar-refractivity contribution in [1.82, 2.24) is 0 Å². The van der Waals surface area contributed by atoms with Crippen molar-refractivity contribution in [2.75, 3.05) is 26.4 Å². The van der Waals surface area contributed by atoms with E-state index < -0.39 is 95.8 Å². The molecule has 4 saturated heterocycles. The van der Waals surface area contributed by atoms with Crippen LogP contribution in [0, 0.1) is 0 Å². The summed E-state index contributed by atoms with van der Waals surface area (Å²) in [6, 6.07) is 0. The van der Waals surface area contributed by atoms with Gasteiger partial charge in [0.1, 0.15) is 30.5 Å². The Hall–Kier alpha value is -4.16. The van der Waals surface area contributed by atoms with E-state index in [4.69, 9.17) is 38.3 Å². The number of aliphatic hydroxyl groups is 1. The number of carboxylic acid groups (broad SMARTS) is 3. The monoisotopic (exact) mass is 584 g/mol. The molecule has 222 valence electrons. The van der Waals surface area contributed by atoms with Gasteiger partial charge in [0.25, 0.3) is 0 Å². The smallest absolute Gasteiger partial charge is 0.336 e. The lowest BCUT2D eigenvalue weighted by molar-refractivity contribution is -0.150. The summed E-state index contributed by atoms with van der Waals surface area (Å²) in [7, 11) is 0. The highest BCUT2D eigenvalue weighted by molar-refractivity contribution is 6.11. The molecule has 4 heterocycles. The van der Waals surface area contributed by atoms with Crippen LogP contribution in [0.15, 0.2) is 35.5 Å². The van der Waals surface area contributed by atoms with Gasteiger partial charge in [-0.25, -0.2) is 28.8 Å². The SMILES string of the molecule is O=C(O)/C=C\C(=O)O[C@@H]1CO[C@H]2[C@@H]1OC[C@@H]2OC(=O)/C=C(C(=O)O)/C(=C/C(=O)O[C@@H]1CO[C@H]2[C@@H]1OC[C@@H]2O)C(=O)O. The van der Waals surface area contributed by atoms with Crippen molar-refractivity contribution in [3.05, 3.63) is 35.5 Å². The zero-order chi connectivity index (χ0) is 29.8. The Kier molecular flexibility index (Phi) is 9.14. The zero-order valence-electron chi connectivity index (χ0n) is 20.9. The highest BCUT2D eigenvalue weighted by atomic mass is 16.7. The summed E-state index contributed by atoms with van der Waals surface area (Å²) in [5, 5.41) is 37.5. The molecular weight excluding hydrogens is 560 g/mol. The minimum atomic E-state index is -1.87. The number of hydrogen-bond donors (Lipinski definition) is 4.